The number of halogens is 1. The van der Waals surface area contributed by atoms with Crippen molar-refractivity contribution in [1.82, 2.24) is 10.2 Å². The van der Waals surface area contributed by atoms with Gasteiger partial charge in [0.1, 0.15) is 6.10 Å². The third-order valence-electron chi connectivity index (χ3n) is 3.55. The lowest BCUT2D eigenvalue weighted by atomic mass is 9.95. The Kier molecular flexibility index (Phi) is 3.21. The topological polar surface area (TPSA) is 57.9 Å². The minimum Gasteiger partial charge on any atom is -0.365 e. The van der Waals surface area contributed by atoms with Crippen LogP contribution in [-0.2, 0) is 11.2 Å². The monoisotopic (exact) mass is 278 g/mol. The zero-order valence-electron chi connectivity index (χ0n) is 10.6. The molecule has 2 N–H and O–H groups in total. The Morgan fingerprint density at radius 1 is 1.32 bits per heavy atom. The van der Waals surface area contributed by atoms with E-state index in [0.717, 1.165) is 24.1 Å². The normalized spacial score (nSPS) is 22.2. The molecule has 1 aliphatic heterocycles. The zero-order chi connectivity index (χ0) is 13.4. The van der Waals surface area contributed by atoms with Crippen molar-refractivity contribution in [2.45, 2.75) is 32.0 Å². The number of aromatic amines is 2. The highest BCUT2D eigenvalue weighted by Gasteiger charge is 2.31. The summed E-state index contributed by atoms with van der Waals surface area (Å²) >= 11 is 5.90. The first kappa shape index (κ1) is 12.5. The molecule has 0 aliphatic carbocycles. The lowest BCUT2D eigenvalue weighted by Crippen LogP contribution is -2.28. The Hall–Kier alpha value is -1.52. The molecule has 2 atom stereocenters. The van der Waals surface area contributed by atoms with Crippen molar-refractivity contribution in [3.63, 3.8) is 0 Å². The molecule has 1 aliphatic rings. The molecule has 0 spiro atoms. The second kappa shape index (κ2) is 4.87. The standard InChI is InChI=1S/C14H15ClN2O2/c1-2-10-7-11-12(14(18)17-16-11)13(19-10)8-3-5-9(15)6-4-8/h3-6,10,13H,2,7H2,1H3,(H2,16,17,18)/t10-,13+/m1/s1. The second-order valence-electron chi connectivity index (χ2n) is 4.77. The van der Waals surface area contributed by atoms with Crippen LogP contribution in [0.3, 0.4) is 0 Å². The van der Waals surface area contributed by atoms with Crippen LogP contribution >= 0.6 is 11.6 Å². The molecule has 5 heteroatoms. The maximum absolute atomic E-state index is 11.9. The van der Waals surface area contributed by atoms with Crippen molar-refractivity contribution in [2.24, 2.45) is 0 Å². The molecular formula is C14H15ClN2O2. The van der Waals surface area contributed by atoms with Gasteiger partial charge in [0.15, 0.2) is 0 Å². The van der Waals surface area contributed by atoms with Crippen LogP contribution in [0.15, 0.2) is 29.1 Å². The fourth-order valence-corrected chi connectivity index (χ4v) is 2.63. The van der Waals surface area contributed by atoms with Gasteiger partial charge in [0.25, 0.3) is 5.56 Å². The number of benzene rings is 1. The molecule has 4 nitrogen and oxygen atoms in total. The highest BCUT2D eigenvalue weighted by atomic mass is 35.5. The average molecular weight is 279 g/mol. The van der Waals surface area contributed by atoms with E-state index in [1.807, 2.05) is 24.3 Å². The fourth-order valence-electron chi connectivity index (χ4n) is 2.50. The molecule has 1 aromatic carbocycles. The summed E-state index contributed by atoms with van der Waals surface area (Å²) in [6.45, 7) is 2.08. The summed E-state index contributed by atoms with van der Waals surface area (Å²) in [5.41, 5.74) is 2.48. The molecule has 2 aromatic rings. The van der Waals surface area contributed by atoms with E-state index in [9.17, 15) is 4.79 Å². The SMILES string of the molecule is CC[C@@H]1Cc2[nH][nH]c(=O)c2[C@H](c2ccc(Cl)cc2)O1. The number of ether oxygens (including phenoxy) is 1. The van der Waals surface area contributed by atoms with E-state index in [1.54, 1.807) is 0 Å². The lowest BCUT2D eigenvalue weighted by molar-refractivity contribution is -0.00660. The van der Waals surface area contributed by atoms with Gasteiger partial charge in [0, 0.05) is 17.1 Å². The Bertz CT molecular complexity index is 630. The molecule has 0 radical (unpaired) electrons. The average Bonchev–Trinajstić information content (AvgIpc) is 2.80. The molecule has 19 heavy (non-hydrogen) atoms. The third kappa shape index (κ3) is 2.22. The van der Waals surface area contributed by atoms with Crippen LogP contribution in [0.1, 0.15) is 36.3 Å². The van der Waals surface area contributed by atoms with Gasteiger partial charge in [-0.3, -0.25) is 9.89 Å². The van der Waals surface area contributed by atoms with Gasteiger partial charge >= 0.3 is 0 Å². The number of aromatic nitrogens is 2. The third-order valence-corrected chi connectivity index (χ3v) is 3.80. The van der Waals surface area contributed by atoms with E-state index in [4.69, 9.17) is 16.3 Å². The highest BCUT2D eigenvalue weighted by molar-refractivity contribution is 6.30. The first-order chi connectivity index (χ1) is 9.19. The molecule has 1 aromatic heterocycles. The Morgan fingerprint density at radius 3 is 2.74 bits per heavy atom. The second-order valence-corrected chi connectivity index (χ2v) is 5.21. The van der Waals surface area contributed by atoms with Gasteiger partial charge in [0.2, 0.25) is 0 Å². The number of hydrogen-bond donors (Lipinski definition) is 2. The van der Waals surface area contributed by atoms with Gasteiger partial charge < -0.3 is 9.84 Å². The maximum Gasteiger partial charge on any atom is 0.270 e. The maximum atomic E-state index is 11.9. The van der Waals surface area contributed by atoms with Crippen molar-refractivity contribution < 1.29 is 4.74 Å². The molecule has 100 valence electrons. The summed E-state index contributed by atoms with van der Waals surface area (Å²) in [5.74, 6) is 0. The Balaban J connectivity index is 2.06. The zero-order valence-corrected chi connectivity index (χ0v) is 11.3. The molecule has 0 unspecified atom stereocenters. The van der Waals surface area contributed by atoms with Crippen LogP contribution in [0.4, 0.5) is 0 Å². The fraction of sp³-hybridized carbons (Fsp3) is 0.357. The summed E-state index contributed by atoms with van der Waals surface area (Å²) in [6.07, 6.45) is 1.46. The van der Waals surface area contributed by atoms with Crippen molar-refractivity contribution in [3.8, 4) is 0 Å². The van der Waals surface area contributed by atoms with E-state index < -0.39 is 0 Å². The molecule has 0 fully saturated rings. The number of H-pyrrole nitrogens is 2. The highest BCUT2D eigenvalue weighted by Crippen LogP contribution is 2.33. The molecule has 0 amide bonds. The summed E-state index contributed by atoms with van der Waals surface area (Å²) in [5, 5.41) is 6.28. The van der Waals surface area contributed by atoms with Gasteiger partial charge in [-0.1, -0.05) is 30.7 Å². The van der Waals surface area contributed by atoms with E-state index in [2.05, 4.69) is 17.1 Å². The summed E-state index contributed by atoms with van der Waals surface area (Å²) in [7, 11) is 0. The summed E-state index contributed by atoms with van der Waals surface area (Å²) in [4.78, 5) is 11.9. The lowest BCUT2D eigenvalue weighted by Gasteiger charge is -2.29. The van der Waals surface area contributed by atoms with Crippen molar-refractivity contribution in [2.75, 3.05) is 0 Å². The largest absolute Gasteiger partial charge is 0.365 e. The number of hydrogen-bond acceptors (Lipinski definition) is 2. The Labute approximate surface area is 115 Å². The minimum absolute atomic E-state index is 0.107. The van der Waals surface area contributed by atoms with E-state index in [1.165, 1.54) is 0 Å². The number of nitrogens with one attached hydrogen (secondary N) is 2. The number of fused-ring (bicyclic) bond motifs is 1. The number of rotatable bonds is 2. The van der Waals surface area contributed by atoms with Gasteiger partial charge in [-0.25, -0.2) is 0 Å². The van der Waals surface area contributed by atoms with Gasteiger partial charge in [-0.2, -0.15) is 0 Å². The quantitative estimate of drug-likeness (QED) is 0.887. The predicted octanol–water partition coefficient (Wildman–Crippen LogP) is 2.80. The van der Waals surface area contributed by atoms with Crippen LogP contribution in [0.25, 0.3) is 0 Å². The molecule has 0 bridgehead atoms. The van der Waals surface area contributed by atoms with Crippen LogP contribution in [0.2, 0.25) is 5.02 Å². The smallest absolute Gasteiger partial charge is 0.270 e. The Morgan fingerprint density at radius 2 is 2.05 bits per heavy atom. The first-order valence-corrected chi connectivity index (χ1v) is 6.77. The summed E-state index contributed by atoms with van der Waals surface area (Å²) < 4.78 is 6.04. The summed E-state index contributed by atoms with van der Waals surface area (Å²) in [6, 6.07) is 7.44. The van der Waals surface area contributed by atoms with E-state index in [0.29, 0.717) is 10.6 Å². The first-order valence-electron chi connectivity index (χ1n) is 6.39. The van der Waals surface area contributed by atoms with Crippen LogP contribution in [0, 0.1) is 0 Å². The van der Waals surface area contributed by atoms with Crippen LogP contribution in [0.5, 0.6) is 0 Å². The predicted molar refractivity (Wildman–Crippen MR) is 73.6 cm³/mol. The van der Waals surface area contributed by atoms with E-state index in [-0.39, 0.29) is 17.8 Å². The van der Waals surface area contributed by atoms with E-state index >= 15 is 0 Å². The van der Waals surface area contributed by atoms with Gasteiger partial charge in [-0.05, 0) is 24.1 Å². The minimum atomic E-state index is -0.319. The molecule has 0 saturated carbocycles. The molecule has 3 rings (SSSR count). The van der Waals surface area contributed by atoms with Crippen LogP contribution < -0.4 is 5.56 Å². The van der Waals surface area contributed by atoms with Crippen LogP contribution in [-0.4, -0.2) is 16.3 Å². The molecular weight excluding hydrogens is 264 g/mol. The van der Waals surface area contributed by atoms with Gasteiger partial charge in [0.05, 0.1) is 11.7 Å². The van der Waals surface area contributed by atoms with Crippen molar-refractivity contribution >= 4 is 11.6 Å². The molecule has 0 saturated heterocycles. The van der Waals surface area contributed by atoms with Crippen molar-refractivity contribution in [1.29, 1.82) is 0 Å². The molecule has 2 heterocycles. The van der Waals surface area contributed by atoms with Crippen molar-refractivity contribution in [3.05, 3.63) is 56.5 Å². The van der Waals surface area contributed by atoms with Gasteiger partial charge in [-0.15, -0.1) is 0 Å².